The highest BCUT2D eigenvalue weighted by molar-refractivity contribution is 5.86. The van der Waals surface area contributed by atoms with E-state index in [1.807, 2.05) is 57.2 Å². The molecule has 182 valence electrons. The van der Waals surface area contributed by atoms with Gasteiger partial charge in [0, 0.05) is 12.0 Å². The van der Waals surface area contributed by atoms with Crippen LogP contribution in [0.5, 0.6) is 0 Å². The third-order valence-electron chi connectivity index (χ3n) is 6.33. The summed E-state index contributed by atoms with van der Waals surface area (Å²) in [5, 5.41) is 14.6. The summed E-state index contributed by atoms with van der Waals surface area (Å²) in [4.78, 5) is 36.7. The van der Waals surface area contributed by atoms with E-state index < -0.39 is 24.1 Å². The number of carboxylic acids is 1. The first-order valence-electron chi connectivity index (χ1n) is 12.0. The number of benzene rings is 2. The number of fused-ring (bicyclic) bond motifs is 3. The maximum absolute atomic E-state index is 12.9. The maximum atomic E-state index is 12.9. The van der Waals surface area contributed by atoms with Gasteiger partial charge in [0.25, 0.3) is 0 Å². The highest BCUT2D eigenvalue weighted by Gasteiger charge is 2.30. The van der Waals surface area contributed by atoms with Crippen LogP contribution in [0.3, 0.4) is 0 Å². The Morgan fingerprint density at radius 2 is 1.56 bits per heavy atom. The zero-order valence-electron chi connectivity index (χ0n) is 20.0. The van der Waals surface area contributed by atoms with Crippen molar-refractivity contribution in [3.8, 4) is 11.1 Å². The van der Waals surface area contributed by atoms with Crippen molar-refractivity contribution >= 4 is 18.0 Å². The number of alkyl carbamates (subject to hydrolysis) is 1. The van der Waals surface area contributed by atoms with Crippen molar-refractivity contribution in [2.24, 2.45) is 5.92 Å². The number of amides is 2. The molecule has 0 fully saturated rings. The number of rotatable bonds is 11. The van der Waals surface area contributed by atoms with Gasteiger partial charge < -0.3 is 20.5 Å². The van der Waals surface area contributed by atoms with Crippen molar-refractivity contribution in [2.45, 2.75) is 64.5 Å². The Balaban J connectivity index is 1.65. The summed E-state index contributed by atoms with van der Waals surface area (Å²) >= 11 is 0. The van der Waals surface area contributed by atoms with E-state index in [0.29, 0.717) is 6.42 Å². The number of ether oxygens (including phenoxy) is 1. The van der Waals surface area contributed by atoms with Crippen molar-refractivity contribution in [2.75, 3.05) is 6.61 Å². The third kappa shape index (κ3) is 6.16. The van der Waals surface area contributed by atoms with Gasteiger partial charge in [-0.05, 0) is 34.6 Å². The largest absolute Gasteiger partial charge is 0.481 e. The Morgan fingerprint density at radius 3 is 2.09 bits per heavy atom. The number of carbonyl (C=O) groups is 3. The van der Waals surface area contributed by atoms with Crippen molar-refractivity contribution in [1.82, 2.24) is 10.6 Å². The average molecular weight is 467 g/mol. The summed E-state index contributed by atoms with van der Waals surface area (Å²) in [6.07, 6.45) is 1.22. The first kappa shape index (κ1) is 25.3. The minimum absolute atomic E-state index is 0.0543. The monoisotopic (exact) mass is 466 g/mol. The van der Waals surface area contributed by atoms with Gasteiger partial charge in [0.2, 0.25) is 5.91 Å². The molecule has 1 aliphatic carbocycles. The maximum Gasteiger partial charge on any atom is 0.407 e. The molecule has 1 unspecified atom stereocenters. The molecule has 2 amide bonds. The van der Waals surface area contributed by atoms with E-state index in [0.717, 1.165) is 35.1 Å². The van der Waals surface area contributed by atoms with Crippen LogP contribution in [0.1, 0.15) is 63.5 Å². The van der Waals surface area contributed by atoms with E-state index in [2.05, 4.69) is 22.8 Å². The van der Waals surface area contributed by atoms with Gasteiger partial charge in [-0.2, -0.15) is 0 Å². The molecule has 2 atom stereocenters. The van der Waals surface area contributed by atoms with Crippen LogP contribution in [-0.2, 0) is 14.3 Å². The van der Waals surface area contributed by atoms with E-state index in [9.17, 15) is 14.4 Å². The van der Waals surface area contributed by atoms with Crippen LogP contribution in [-0.4, -0.2) is 41.8 Å². The zero-order valence-corrected chi connectivity index (χ0v) is 20.0. The molecule has 0 radical (unpaired) electrons. The van der Waals surface area contributed by atoms with Gasteiger partial charge in [-0.3, -0.25) is 9.59 Å². The van der Waals surface area contributed by atoms with Crippen LogP contribution in [0.15, 0.2) is 48.5 Å². The van der Waals surface area contributed by atoms with E-state index >= 15 is 0 Å². The highest BCUT2D eigenvalue weighted by Crippen LogP contribution is 2.44. The molecule has 0 aliphatic heterocycles. The predicted octanol–water partition coefficient (Wildman–Crippen LogP) is 4.70. The quantitative estimate of drug-likeness (QED) is 0.445. The molecule has 0 heterocycles. The molecule has 0 aromatic heterocycles. The Morgan fingerprint density at radius 1 is 0.971 bits per heavy atom. The Hall–Kier alpha value is -3.35. The molecule has 0 saturated heterocycles. The second-order valence-corrected chi connectivity index (χ2v) is 9.12. The van der Waals surface area contributed by atoms with Gasteiger partial charge in [-0.15, -0.1) is 0 Å². The molecule has 7 heteroatoms. The summed E-state index contributed by atoms with van der Waals surface area (Å²) in [5.74, 6) is -1.49. The lowest BCUT2D eigenvalue weighted by atomic mass is 9.98. The molecular weight excluding hydrogens is 432 g/mol. The van der Waals surface area contributed by atoms with Crippen molar-refractivity contribution in [3.05, 3.63) is 59.7 Å². The van der Waals surface area contributed by atoms with Gasteiger partial charge in [0.1, 0.15) is 12.6 Å². The van der Waals surface area contributed by atoms with Crippen LogP contribution >= 0.6 is 0 Å². The van der Waals surface area contributed by atoms with Crippen LogP contribution in [0.25, 0.3) is 11.1 Å². The molecular formula is C27H34N2O5. The summed E-state index contributed by atoms with van der Waals surface area (Å²) in [7, 11) is 0. The number of hydrogen-bond acceptors (Lipinski definition) is 4. The van der Waals surface area contributed by atoms with E-state index in [1.54, 1.807) is 0 Å². The van der Waals surface area contributed by atoms with Gasteiger partial charge in [0.05, 0.1) is 6.42 Å². The van der Waals surface area contributed by atoms with Gasteiger partial charge >= 0.3 is 12.1 Å². The molecule has 0 saturated carbocycles. The minimum atomic E-state index is -0.978. The lowest BCUT2D eigenvalue weighted by molar-refractivity contribution is -0.138. The molecule has 0 bridgehead atoms. The van der Waals surface area contributed by atoms with Crippen molar-refractivity contribution < 1.29 is 24.2 Å². The molecule has 3 rings (SSSR count). The Labute approximate surface area is 200 Å². The van der Waals surface area contributed by atoms with Crippen molar-refractivity contribution in [1.29, 1.82) is 0 Å². The zero-order chi connectivity index (χ0) is 24.7. The number of nitrogens with one attached hydrogen (secondary N) is 2. The molecule has 0 spiro atoms. The fraction of sp³-hybridized carbons (Fsp3) is 0.444. The number of hydrogen-bond donors (Lipinski definition) is 3. The third-order valence-corrected chi connectivity index (χ3v) is 6.33. The fourth-order valence-electron chi connectivity index (χ4n) is 4.38. The lowest BCUT2D eigenvalue weighted by Gasteiger charge is -2.25. The van der Waals surface area contributed by atoms with Gasteiger partial charge in [-0.1, -0.05) is 82.1 Å². The van der Waals surface area contributed by atoms with Gasteiger partial charge in [-0.25, -0.2) is 4.79 Å². The summed E-state index contributed by atoms with van der Waals surface area (Å²) in [6, 6.07) is 14.9. The first-order valence-corrected chi connectivity index (χ1v) is 12.0. The number of carboxylic acid groups (broad SMARTS) is 1. The summed E-state index contributed by atoms with van der Waals surface area (Å²) in [6.45, 7) is 5.88. The van der Waals surface area contributed by atoms with Crippen molar-refractivity contribution in [3.63, 3.8) is 0 Å². The van der Waals surface area contributed by atoms with E-state index in [-0.39, 0.29) is 30.8 Å². The van der Waals surface area contributed by atoms with Crippen LogP contribution in [0.2, 0.25) is 0 Å². The molecule has 2 aromatic rings. The predicted molar refractivity (Wildman–Crippen MR) is 131 cm³/mol. The molecule has 3 N–H and O–H groups in total. The number of unbranched alkanes of at least 4 members (excludes halogenated alkanes) is 1. The second kappa shape index (κ2) is 11.7. The van der Waals surface area contributed by atoms with Gasteiger partial charge in [0.15, 0.2) is 0 Å². The molecule has 1 aliphatic rings. The summed E-state index contributed by atoms with van der Waals surface area (Å²) in [5.41, 5.74) is 4.52. The molecule has 7 nitrogen and oxygen atoms in total. The normalized spacial score (nSPS) is 14.1. The number of aliphatic carboxylic acids is 1. The first-order chi connectivity index (χ1) is 16.3. The topological polar surface area (TPSA) is 105 Å². The summed E-state index contributed by atoms with van der Waals surface area (Å²) < 4.78 is 5.59. The van der Waals surface area contributed by atoms with Crippen LogP contribution < -0.4 is 10.6 Å². The lowest BCUT2D eigenvalue weighted by Crippen LogP contribution is -2.51. The van der Waals surface area contributed by atoms with E-state index in [4.69, 9.17) is 9.84 Å². The smallest absolute Gasteiger partial charge is 0.407 e. The standard InChI is InChI=1S/C27H34N2O5/c1-4-5-14-23(26(32)28-24(17(2)3)15-25(30)31)29-27(33)34-16-22-20-12-8-6-10-18(20)19-11-7-9-13-21(19)22/h6-13,17,22-24H,4-5,14-16H2,1-3H3,(H,28,32)(H,29,33)(H,30,31)/t23-,24?/m0/s1. The van der Waals surface area contributed by atoms with E-state index in [1.165, 1.54) is 0 Å². The highest BCUT2D eigenvalue weighted by atomic mass is 16.5. The Kier molecular flexibility index (Phi) is 8.68. The molecule has 2 aromatic carbocycles. The average Bonchev–Trinajstić information content (AvgIpc) is 3.13. The van der Waals surface area contributed by atoms with Crippen LogP contribution in [0.4, 0.5) is 4.79 Å². The SMILES string of the molecule is CCCC[C@H](NC(=O)OCC1c2ccccc2-c2ccccc21)C(=O)NC(CC(=O)O)C(C)C. The number of carbonyl (C=O) groups excluding carboxylic acids is 2. The minimum Gasteiger partial charge on any atom is -0.481 e. The second-order valence-electron chi connectivity index (χ2n) is 9.12. The fourth-order valence-corrected chi connectivity index (χ4v) is 4.38. The molecule has 34 heavy (non-hydrogen) atoms. The van der Waals surface area contributed by atoms with Crippen LogP contribution in [0, 0.1) is 5.92 Å². The Bertz CT molecular complexity index is 974.